The van der Waals surface area contributed by atoms with Gasteiger partial charge in [-0.3, -0.25) is 0 Å². The highest BCUT2D eigenvalue weighted by Gasteiger charge is 2.05. The lowest BCUT2D eigenvalue weighted by Gasteiger charge is -2.18. The highest BCUT2D eigenvalue weighted by Crippen LogP contribution is 2.08. The minimum Gasteiger partial charge on any atom is -0.327 e. The molecule has 0 saturated heterocycles. The Kier molecular flexibility index (Phi) is 4.04. The van der Waals surface area contributed by atoms with Crippen LogP contribution in [0.5, 0.6) is 0 Å². The summed E-state index contributed by atoms with van der Waals surface area (Å²) in [7, 11) is 1.94. The molecule has 0 fully saturated rings. The Morgan fingerprint density at radius 1 is 1.43 bits per heavy atom. The van der Waals surface area contributed by atoms with Crippen LogP contribution in [0.1, 0.15) is 12.5 Å². The fourth-order valence-electron chi connectivity index (χ4n) is 1.47. The van der Waals surface area contributed by atoms with E-state index >= 15 is 0 Å². The average Bonchev–Trinajstić information content (AvgIpc) is 2.07. The minimum atomic E-state index is -0.149. The highest BCUT2D eigenvalue weighted by molar-refractivity contribution is 5.16. The first-order chi connectivity index (χ1) is 6.59. The molecule has 1 aromatic carbocycles. The Labute approximate surface area is 84.5 Å². The monoisotopic (exact) mass is 196 g/mol. The van der Waals surface area contributed by atoms with Crippen LogP contribution in [0.3, 0.4) is 0 Å². The van der Waals surface area contributed by atoms with Crippen molar-refractivity contribution in [3.05, 3.63) is 35.6 Å². The van der Waals surface area contributed by atoms with E-state index in [-0.39, 0.29) is 11.9 Å². The second kappa shape index (κ2) is 5.08. The molecule has 0 heterocycles. The van der Waals surface area contributed by atoms with E-state index in [9.17, 15) is 4.39 Å². The van der Waals surface area contributed by atoms with Gasteiger partial charge in [0.1, 0.15) is 5.82 Å². The second-order valence-electron chi connectivity index (χ2n) is 3.77. The predicted octanol–water partition coefficient (Wildman–Crippen LogP) is 1.60. The van der Waals surface area contributed by atoms with Crippen molar-refractivity contribution < 1.29 is 4.39 Å². The zero-order valence-electron chi connectivity index (χ0n) is 8.70. The molecule has 3 heteroatoms. The van der Waals surface area contributed by atoms with E-state index in [0.29, 0.717) is 6.54 Å². The summed E-state index contributed by atoms with van der Waals surface area (Å²) in [5, 5.41) is 0. The summed E-state index contributed by atoms with van der Waals surface area (Å²) in [6.07, 6.45) is 0. The summed E-state index contributed by atoms with van der Waals surface area (Å²) in [5.74, 6) is -0.149. The molecule has 0 aromatic heterocycles. The molecule has 1 atom stereocenters. The van der Waals surface area contributed by atoms with Crippen molar-refractivity contribution in [1.82, 2.24) is 4.90 Å². The van der Waals surface area contributed by atoms with Crippen LogP contribution in [0, 0.1) is 5.82 Å². The molecule has 1 rings (SSSR count). The molecule has 0 spiro atoms. The van der Waals surface area contributed by atoms with E-state index in [4.69, 9.17) is 5.73 Å². The summed E-state index contributed by atoms with van der Waals surface area (Å²) in [6.45, 7) is 3.32. The number of hydrogen-bond acceptors (Lipinski definition) is 2. The maximum absolute atomic E-state index is 13.2. The normalized spacial score (nSPS) is 13.2. The van der Waals surface area contributed by atoms with Crippen molar-refractivity contribution >= 4 is 0 Å². The second-order valence-corrected chi connectivity index (χ2v) is 3.77. The smallest absolute Gasteiger partial charge is 0.127 e. The van der Waals surface area contributed by atoms with Crippen LogP contribution < -0.4 is 5.73 Å². The maximum atomic E-state index is 13.2. The van der Waals surface area contributed by atoms with Crippen molar-refractivity contribution in [2.75, 3.05) is 13.6 Å². The number of rotatable bonds is 4. The van der Waals surface area contributed by atoms with Gasteiger partial charge >= 0.3 is 0 Å². The Bertz CT molecular complexity index is 286. The van der Waals surface area contributed by atoms with E-state index in [0.717, 1.165) is 12.1 Å². The van der Waals surface area contributed by atoms with Crippen molar-refractivity contribution in [3.8, 4) is 0 Å². The van der Waals surface area contributed by atoms with Gasteiger partial charge < -0.3 is 10.6 Å². The zero-order chi connectivity index (χ0) is 10.6. The molecule has 0 unspecified atom stereocenters. The van der Waals surface area contributed by atoms with Gasteiger partial charge in [-0.05, 0) is 20.0 Å². The third-order valence-electron chi connectivity index (χ3n) is 2.00. The molecule has 14 heavy (non-hydrogen) atoms. The first-order valence-electron chi connectivity index (χ1n) is 4.77. The van der Waals surface area contributed by atoms with Gasteiger partial charge in [0.25, 0.3) is 0 Å². The first-order valence-corrected chi connectivity index (χ1v) is 4.77. The Morgan fingerprint density at radius 3 is 2.64 bits per heavy atom. The third-order valence-corrected chi connectivity index (χ3v) is 2.00. The summed E-state index contributed by atoms with van der Waals surface area (Å²) in [5.41, 5.74) is 6.37. The van der Waals surface area contributed by atoms with Crippen LogP contribution in [0.25, 0.3) is 0 Å². The fraction of sp³-hybridized carbons (Fsp3) is 0.455. The van der Waals surface area contributed by atoms with E-state index in [1.165, 1.54) is 6.07 Å². The summed E-state index contributed by atoms with van der Waals surface area (Å²) < 4.78 is 13.2. The van der Waals surface area contributed by atoms with Crippen LogP contribution in [-0.2, 0) is 6.54 Å². The van der Waals surface area contributed by atoms with Crippen LogP contribution in [0.15, 0.2) is 24.3 Å². The molecule has 0 aliphatic rings. The lowest BCUT2D eigenvalue weighted by Crippen LogP contribution is -2.32. The van der Waals surface area contributed by atoms with E-state index in [2.05, 4.69) is 0 Å². The van der Waals surface area contributed by atoms with Gasteiger partial charge in [0, 0.05) is 24.7 Å². The molecule has 78 valence electrons. The minimum absolute atomic E-state index is 0.117. The van der Waals surface area contributed by atoms with Crippen molar-refractivity contribution in [3.63, 3.8) is 0 Å². The Morgan fingerprint density at radius 2 is 2.07 bits per heavy atom. The molecule has 0 bridgehead atoms. The van der Waals surface area contributed by atoms with Gasteiger partial charge in [0.2, 0.25) is 0 Å². The topological polar surface area (TPSA) is 29.3 Å². The number of halogens is 1. The van der Waals surface area contributed by atoms with Crippen LogP contribution in [0.4, 0.5) is 4.39 Å². The third kappa shape index (κ3) is 3.44. The Balaban J connectivity index is 2.56. The molecular formula is C11H17FN2. The van der Waals surface area contributed by atoms with Gasteiger partial charge in [-0.15, -0.1) is 0 Å². The average molecular weight is 196 g/mol. The molecule has 0 radical (unpaired) electrons. The fourth-order valence-corrected chi connectivity index (χ4v) is 1.47. The molecular weight excluding hydrogens is 179 g/mol. The lowest BCUT2D eigenvalue weighted by atomic mass is 10.2. The highest BCUT2D eigenvalue weighted by atomic mass is 19.1. The quantitative estimate of drug-likeness (QED) is 0.792. The zero-order valence-corrected chi connectivity index (χ0v) is 8.70. The van der Waals surface area contributed by atoms with Crippen LogP contribution >= 0.6 is 0 Å². The summed E-state index contributed by atoms with van der Waals surface area (Å²) >= 11 is 0. The number of nitrogens with two attached hydrogens (primary N) is 1. The Hall–Kier alpha value is -0.930. The number of nitrogens with zero attached hydrogens (tertiary/aromatic N) is 1. The SMILES string of the molecule is C[C@H](N)CN(C)Cc1ccccc1F. The van der Waals surface area contributed by atoms with Gasteiger partial charge in [0.15, 0.2) is 0 Å². The molecule has 2 nitrogen and oxygen atoms in total. The number of benzene rings is 1. The largest absolute Gasteiger partial charge is 0.327 e. The van der Waals surface area contributed by atoms with E-state index in [1.54, 1.807) is 12.1 Å². The molecule has 0 saturated carbocycles. The predicted molar refractivity (Wildman–Crippen MR) is 56.4 cm³/mol. The van der Waals surface area contributed by atoms with Crippen LogP contribution in [0.2, 0.25) is 0 Å². The van der Waals surface area contributed by atoms with E-state index < -0.39 is 0 Å². The maximum Gasteiger partial charge on any atom is 0.127 e. The molecule has 0 aliphatic heterocycles. The summed E-state index contributed by atoms with van der Waals surface area (Å²) in [6, 6.07) is 6.94. The lowest BCUT2D eigenvalue weighted by molar-refractivity contribution is 0.305. The van der Waals surface area contributed by atoms with Crippen molar-refractivity contribution in [1.29, 1.82) is 0 Å². The van der Waals surface area contributed by atoms with Gasteiger partial charge in [0.05, 0.1) is 0 Å². The van der Waals surface area contributed by atoms with Crippen molar-refractivity contribution in [2.45, 2.75) is 19.5 Å². The molecule has 0 aliphatic carbocycles. The van der Waals surface area contributed by atoms with Gasteiger partial charge in [-0.2, -0.15) is 0 Å². The summed E-state index contributed by atoms with van der Waals surface area (Å²) in [4.78, 5) is 2.02. The van der Waals surface area contributed by atoms with E-state index in [1.807, 2.05) is 24.9 Å². The molecule has 0 amide bonds. The first kappa shape index (κ1) is 11.1. The van der Waals surface area contributed by atoms with Gasteiger partial charge in [-0.1, -0.05) is 18.2 Å². The standard InChI is InChI=1S/C11H17FN2/c1-9(13)7-14(2)8-10-5-3-4-6-11(10)12/h3-6,9H,7-8,13H2,1-2H3/t9-/m0/s1. The van der Waals surface area contributed by atoms with Crippen LogP contribution in [-0.4, -0.2) is 24.5 Å². The number of likely N-dealkylation sites (N-methyl/N-ethyl adjacent to an activating group) is 1. The van der Waals surface area contributed by atoms with Gasteiger partial charge in [-0.25, -0.2) is 4.39 Å². The van der Waals surface area contributed by atoms with Crippen molar-refractivity contribution in [2.24, 2.45) is 5.73 Å². The molecule has 1 aromatic rings. The molecule has 2 N–H and O–H groups in total. The number of hydrogen-bond donors (Lipinski definition) is 1.